The number of para-hydroxylation sites is 1. The first kappa shape index (κ1) is 23.5. The normalized spacial score (nSPS) is 18.1. The standard InChI is InChI=1S/C28H35N5O2/c1-30-28(35)33(25-10-6-3-7-11-25)27(29-30)24-14-16-31(17-15-24)21-26(34)32-18-12-23(13-19-32)20-22-8-4-2-5-9-22/h2-11,23-24H,12-21H2,1H3. The fourth-order valence-corrected chi connectivity index (χ4v) is 5.54. The molecule has 0 atom stereocenters. The van der Waals surface area contributed by atoms with Crippen molar-refractivity contribution >= 4 is 5.91 Å². The number of carbonyl (C=O) groups excluding carboxylic acids is 1. The first-order chi connectivity index (χ1) is 17.1. The van der Waals surface area contributed by atoms with Crippen LogP contribution in [0, 0.1) is 5.92 Å². The van der Waals surface area contributed by atoms with Gasteiger partial charge in [-0.05, 0) is 68.8 Å². The number of amides is 1. The molecule has 0 radical (unpaired) electrons. The summed E-state index contributed by atoms with van der Waals surface area (Å²) >= 11 is 0. The molecule has 2 saturated heterocycles. The van der Waals surface area contributed by atoms with E-state index in [2.05, 4.69) is 45.2 Å². The number of hydrogen-bond donors (Lipinski definition) is 0. The van der Waals surface area contributed by atoms with Gasteiger partial charge in [-0.15, -0.1) is 0 Å². The smallest absolute Gasteiger partial charge is 0.342 e. The molecule has 7 heteroatoms. The number of nitrogens with zero attached hydrogens (tertiary/aromatic N) is 5. The Kier molecular flexibility index (Phi) is 7.13. The molecular weight excluding hydrogens is 438 g/mol. The third kappa shape index (κ3) is 5.40. The minimum Gasteiger partial charge on any atom is -0.342 e. The highest BCUT2D eigenvalue weighted by atomic mass is 16.2. The van der Waals surface area contributed by atoms with Gasteiger partial charge in [0, 0.05) is 26.1 Å². The van der Waals surface area contributed by atoms with Gasteiger partial charge in [0.15, 0.2) is 0 Å². The predicted octanol–water partition coefficient (Wildman–Crippen LogP) is 3.23. The van der Waals surface area contributed by atoms with E-state index in [0.717, 1.165) is 69.8 Å². The van der Waals surface area contributed by atoms with Crippen molar-refractivity contribution in [3.8, 4) is 5.69 Å². The van der Waals surface area contributed by atoms with Crippen LogP contribution >= 0.6 is 0 Å². The largest absolute Gasteiger partial charge is 0.350 e. The van der Waals surface area contributed by atoms with Crippen molar-refractivity contribution in [1.29, 1.82) is 0 Å². The molecule has 184 valence electrons. The quantitative estimate of drug-likeness (QED) is 0.552. The molecule has 3 aromatic rings. The molecule has 1 amide bonds. The molecule has 7 nitrogen and oxygen atoms in total. The second-order valence-corrected chi connectivity index (χ2v) is 10.00. The second kappa shape index (κ2) is 10.6. The second-order valence-electron chi connectivity index (χ2n) is 10.00. The lowest BCUT2D eigenvalue weighted by Gasteiger charge is -2.35. The van der Waals surface area contributed by atoms with E-state index in [0.29, 0.717) is 12.5 Å². The van der Waals surface area contributed by atoms with Gasteiger partial charge in [-0.3, -0.25) is 9.69 Å². The van der Waals surface area contributed by atoms with Crippen molar-refractivity contribution in [3.63, 3.8) is 0 Å². The van der Waals surface area contributed by atoms with Crippen LogP contribution in [0.3, 0.4) is 0 Å². The van der Waals surface area contributed by atoms with Gasteiger partial charge in [-0.25, -0.2) is 14.0 Å². The van der Waals surface area contributed by atoms with Crippen LogP contribution in [0.5, 0.6) is 0 Å². The Bertz CT molecular complexity index is 1170. The Morgan fingerprint density at radius 1 is 0.886 bits per heavy atom. The number of benzene rings is 2. The average Bonchev–Trinajstić information content (AvgIpc) is 3.20. The highest BCUT2D eigenvalue weighted by Crippen LogP contribution is 2.28. The summed E-state index contributed by atoms with van der Waals surface area (Å²) in [7, 11) is 1.71. The molecule has 2 aromatic carbocycles. The van der Waals surface area contributed by atoms with E-state index < -0.39 is 0 Å². The topological polar surface area (TPSA) is 63.4 Å². The molecule has 0 unspecified atom stereocenters. The summed E-state index contributed by atoms with van der Waals surface area (Å²) < 4.78 is 3.17. The van der Waals surface area contributed by atoms with Gasteiger partial charge in [0.1, 0.15) is 5.82 Å². The highest BCUT2D eigenvalue weighted by molar-refractivity contribution is 5.78. The van der Waals surface area contributed by atoms with Crippen molar-refractivity contribution in [2.45, 2.75) is 38.0 Å². The van der Waals surface area contributed by atoms with Gasteiger partial charge in [0.2, 0.25) is 5.91 Å². The highest BCUT2D eigenvalue weighted by Gasteiger charge is 2.29. The van der Waals surface area contributed by atoms with E-state index in [1.165, 1.54) is 10.2 Å². The van der Waals surface area contributed by atoms with Crippen LogP contribution < -0.4 is 5.69 Å². The van der Waals surface area contributed by atoms with Gasteiger partial charge in [-0.1, -0.05) is 48.5 Å². The van der Waals surface area contributed by atoms with Crippen LogP contribution in [-0.2, 0) is 18.3 Å². The third-order valence-corrected chi connectivity index (χ3v) is 7.61. The van der Waals surface area contributed by atoms with Crippen LogP contribution in [0.4, 0.5) is 0 Å². The molecule has 1 aromatic heterocycles. The van der Waals surface area contributed by atoms with Crippen LogP contribution in [-0.4, -0.2) is 62.8 Å². The fraction of sp³-hybridized carbons (Fsp3) is 0.464. The number of hydrogen-bond acceptors (Lipinski definition) is 4. The summed E-state index contributed by atoms with van der Waals surface area (Å²) in [6.07, 6.45) is 5.07. The maximum Gasteiger partial charge on any atom is 0.350 e. The maximum atomic E-state index is 13.0. The van der Waals surface area contributed by atoms with Crippen molar-refractivity contribution in [2.24, 2.45) is 13.0 Å². The zero-order chi connectivity index (χ0) is 24.2. The minimum absolute atomic E-state index is 0.112. The lowest BCUT2D eigenvalue weighted by Crippen LogP contribution is -2.46. The number of likely N-dealkylation sites (tertiary alicyclic amines) is 2. The summed E-state index contributed by atoms with van der Waals surface area (Å²) in [4.78, 5) is 30.1. The Morgan fingerprint density at radius 2 is 1.51 bits per heavy atom. The summed E-state index contributed by atoms with van der Waals surface area (Å²) in [5, 5.41) is 4.58. The Balaban J connectivity index is 1.13. The van der Waals surface area contributed by atoms with Gasteiger partial charge in [0.05, 0.1) is 12.2 Å². The third-order valence-electron chi connectivity index (χ3n) is 7.61. The molecule has 5 rings (SSSR count). The molecule has 0 N–H and O–H groups in total. The first-order valence-corrected chi connectivity index (χ1v) is 12.8. The molecule has 35 heavy (non-hydrogen) atoms. The molecular formula is C28H35N5O2. The van der Waals surface area contributed by atoms with Crippen molar-refractivity contribution in [2.75, 3.05) is 32.7 Å². The van der Waals surface area contributed by atoms with E-state index in [-0.39, 0.29) is 17.5 Å². The van der Waals surface area contributed by atoms with Gasteiger partial charge >= 0.3 is 5.69 Å². The van der Waals surface area contributed by atoms with Crippen molar-refractivity contribution < 1.29 is 4.79 Å². The molecule has 2 fully saturated rings. The lowest BCUT2D eigenvalue weighted by atomic mass is 9.90. The van der Waals surface area contributed by atoms with E-state index in [1.807, 2.05) is 30.3 Å². The average molecular weight is 474 g/mol. The molecule has 0 aliphatic carbocycles. The lowest BCUT2D eigenvalue weighted by molar-refractivity contribution is -0.134. The van der Waals surface area contributed by atoms with Crippen LogP contribution in [0.2, 0.25) is 0 Å². The number of carbonyl (C=O) groups is 1. The molecule has 0 spiro atoms. The van der Waals surface area contributed by atoms with Crippen LogP contribution in [0.25, 0.3) is 5.69 Å². The zero-order valence-electron chi connectivity index (χ0n) is 20.6. The first-order valence-electron chi connectivity index (χ1n) is 12.8. The molecule has 2 aliphatic rings. The summed E-state index contributed by atoms with van der Waals surface area (Å²) in [6.45, 7) is 3.92. The SMILES string of the molecule is Cn1nc(C2CCN(CC(=O)N3CCC(Cc4ccccc4)CC3)CC2)n(-c2ccccc2)c1=O. The molecule has 0 bridgehead atoms. The monoisotopic (exact) mass is 473 g/mol. The van der Waals surface area contributed by atoms with Gasteiger partial charge < -0.3 is 4.90 Å². The maximum absolute atomic E-state index is 13.0. The molecule has 2 aliphatic heterocycles. The number of piperidine rings is 2. The fourth-order valence-electron chi connectivity index (χ4n) is 5.54. The van der Waals surface area contributed by atoms with Gasteiger partial charge in [0.25, 0.3) is 0 Å². The minimum atomic E-state index is -0.112. The number of aromatic nitrogens is 3. The predicted molar refractivity (Wildman–Crippen MR) is 137 cm³/mol. The molecule has 3 heterocycles. The van der Waals surface area contributed by atoms with E-state index in [4.69, 9.17) is 0 Å². The zero-order valence-corrected chi connectivity index (χ0v) is 20.6. The molecule has 0 saturated carbocycles. The van der Waals surface area contributed by atoms with E-state index >= 15 is 0 Å². The Hall–Kier alpha value is -3.19. The Morgan fingerprint density at radius 3 is 2.17 bits per heavy atom. The van der Waals surface area contributed by atoms with Crippen LogP contribution in [0.15, 0.2) is 65.5 Å². The van der Waals surface area contributed by atoms with Crippen LogP contribution in [0.1, 0.15) is 43.0 Å². The number of aryl methyl sites for hydroxylation is 1. The summed E-state index contributed by atoms with van der Waals surface area (Å²) in [6, 6.07) is 20.4. The van der Waals surface area contributed by atoms with E-state index in [9.17, 15) is 9.59 Å². The summed E-state index contributed by atoms with van der Waals surface area (Å²) in [5.74, 6) is 1.96. The Labute approximate surface area is 207 Å². The van der Waals surface area contributed by atoms with E-state index in [1.54, 1.807) is 11.6 Å². The van der Waals surface area contributed by atoms with Crippen molar-refractivity contribution in [1.82, 2.24) is 24.1 Å². The van der Waals surface area contributed by atoms with Crippen molar-refractivity contribution in [3.05, 3.63) is 82.5 Å². The number of rotatable bonds is 6. The van der Waals surface area contributed by atoms with Gasteiger partial charge in [-0.2, -0.15) is 5.10 Å². The summed E-state index contributed by atoms with van der Waals surface area (Å²) in [5.41, 5.74) is 2.14.